The van der Waals surface area contributed by atoms with Gasteiger partial charge in [-0.2, -0.15) is 5.10 Å². The highest BCUT2D eigenvalue weighted by Gasteiger charge is 2.26. The molecule has 2 aromatic carbocycles. The first-order valence-electron chi connectivity index (χ1n) is 11.4. The third-order valence-electron chi connectivity index (χ3n) is 5.97. The van der Waals surface area contributed by atoms with Gasteiger partial charge in [-0.15, -0.1) is 0 Å². The molecule has 3 aromatic rings. The van der Waals surface area contributed by atoms with Crippen LogP contribution in [0.4, 0.5) is 0 Å². The average molecular weight is 449 g/mol. The van der Waals surface area contributed by atoms with E-state index >= 15 is 0 Å². The maximum Gasteiger partial charge on any atom is 0.255 e. The van der Waals surface area contributed by atoms with Crippen molar-refractivity contribution in [1.29, 1.82) is 0 Å². The maximum absolute atomic E-state index is 13.3. The maximum atomic E-state index is 13.3. The second-order valence-corrected chi connectivity index (χ2v) is 8.67. The van der Waals surface area contributed by atoms with Gasteiger partial charge in [-0.25, -0.2) is 4.68 Å². The van der Waals surface area contributed by atoms with Gasteiger partial charge in [0, 0.05) is 37.4 Å². The zero-order valence-corrected chi connectivity index (χ0v) is 19.7. The Morgan fingerprint density at radius 2 is 1.79 bits per heavy atom. The van der Waals surface area contributed by atoms with E-state index in [4.69, 9.17) is 14.6 Å². The molecule has 1 aliphatic rings. The molecule has 0 spiro atoms. The zero-order valence-electron chi connectivity index (χ0n) is 19.7. The highest BCUT2D eigenvalue weighted by atomic mass is 16.5. The fourth-order valence-electron chi connectivity index (χ4n) is 4.26. The van der Waals surface area contributed by atoms with Gasteiger partial charge >= 0.3 is 0 Å². The van der Waals surface area contributed by atoms with E-state index in [-0.39, 0.29) is 24.2 Å². The Bertz CT molecular complexity index is 1050. The summed E-state index contributed by atoms with van der Waals surface area (Å²) in [6.07, 6.45) is 2.18. The third-order valence-corrected chi connectivity index (χ3v) is 5.97. The van der Waals surface area contributed by atoms with Crippen LogP contribution in [0.1, 0.15) is 31.1 Å². The molecule has 3 unspecified atom stereocenters. The summed E-state index contributed by atoms with van der Waals surface area (Å²) in [6, 6.07) is 17.6. The summed E-state index contributed by atoms with van der Waals surface area (Å²) in [4.78, 5) is 15.7. The van der Waals surface area contributed by atoms with Gasteiger partial charge in [0.15, 0.2) is 0 Å². The Morgan fingerprint density at radius 1 is 1.12 bits per heavy atom. The number of hydrogen-bond acceptors (Lipinski definition) is 5. The van der Waals surface area contributed by atoms with E-state index in [2.05, 4.69) is 31.0 Å². The molecule has 1 aliphatic heterocycles. The number of nitrogens with one attached hydrogen (secondary N) is 1. The summed E-state index contributed by atoms with van der Waals surface area (Å²) in [5.41, 5.74) is 2.94. The SMILES string of the molecule is COc1ccc(-c2nn(-c3ccccc3)cc2C(=O)NCC(C)N2CC(C)OC(C)C2)cc1. The van der Waals surface area contributed by atoms with Crippen LogP contribution in [0.3, 0.4) is 0 Å². The molecule has 7 nitrogen and oxygen atoms in total. The number of hydrogen-bond donors (Lipinski definition) is 1. The van der Waals surface area contributed by atoms with E-state index in [1.54, 1.807) is 18.0 Å². The van der Waals surface area contributed by atoms with Gasteiger partial charge in [-0.3, -0.25) is 9.69 Å². The van der Waals surface area contributed by atoms with E-state index < -0.39 is 0 Å². The lowest BCUT2D eigenvalue weighted by molar-refractivity contribution is -0.0778. The van der Waals surface area contributed by atoms with Gasteiger partial charge in [0.2, 0.25) is 0 Å². The van der Waals surface area contributed by atoms with Crippen molar-refractivity contribution in [2.24, 2.45) is 0 Å². The molecule has 1 saturated heterocycles. The summed E-state index contributed by atoms with van der Waals surface area (Å²) < 4.78 is 12.9. The van der Waals surface area contributed by atoms with Crippen LogP contribution in [0.25, 0.3) is 16.9 Å². The fourth-order valence-corrected chi connectivity index (χ4v) is 4.26. The number of carbonyl (C=O) groups excluding carboxylic acids is 1. The van der Waals surface area contributed by atoms with Gasteiger partial charge in [-0.05, 0) is 57.2 Å². The van der Waals surface area contributed by atoms with Crippen LogP contribution in [-0.2, 0) is 4.74 Å². The molecular formula is C26H32N4O3. The monoisotopic (exact) mass is 448 g/mol. The number of benzene rings is 2. The molecule has 33 heavy (non-hydrogen) atoms. The van der Waals surface area contributed by atoms with Gasteiger partial charge in [0.05, 0.1) is 30.6 Å². The molecule has 7 heteroatoms. The molecule has 0 radical (unpaired) electrons. The molecule has 2 heterocycles. The minimum Gasteiger partial charge on any atom is -0.497 e. The molecule has 0 saturated carbocycles. The van der Waals surface area contributed by atoms with Crippen LogP contribution >= 0.6 is 0 Å². The van der Waals surface area contributed by atoms with Crippen LogP contribution in [0.5, 0.6) is 5.75 Å². The van der Waals surface area contributed by atoms with Crippen LogP contribution < -0.4 is 10.1 Å². The number of rotatable bonds is 7. The van der Waals surface area contributed by atoms with Crippen LogP contribution in [0, 0.1) is 0 Å². The quantitative estimate of drug-likeness (QED) is 0.596. The van der Waals surface area contributed by atoms with E-state index in [1.807, 2.05) is 54.6 Å². The zero-order chi connectivity index (χ0) is 23.4. The minimum absolute atomic E-state index is 0.135. The van der Waals surface area contributed by atoms with Crippen LogP contribution in [-0.4, -0.2) is 65.6 Å². The minimum atomic E-state index is -0.135. The van der Waals surface area contributed by atoms with Crippen molar-refractivity contribution in [2.45, 2.75) is 39.0 Å². The summed E-state index contributed by atoms with van der Waals surface area (Å²) in [5, 5.41) is 7.88. The number of methoxy groups -OCH3 is 1. The second kappa shape index (κ2) is 10.2. The number of ether oxygens (including phenoxy) is 2. The lowest BCUT2D eigenvalue weighted by Gasteiger charge is -2.39. The van der Waals surface area contributed by atoms with Gasteiger partial charge in [-0.1, -0.05) is 18.2 Å². The first-order valence-corrected chi connectivity index (χ1v) is 11.4. The average Bonchev–Trinajstić information content (AvgIpc) is 3.28. The second-order valence-electron chi connectivity index (χ2n) is 8.67. The Morgan fingerprint density at radius 3 is 2.42 bits per heavy atom. The summed E-state index contributed by atoms with van der Waals surface area (Å²) in [5.74, 6) is 0.624. The van der Waals surface area contributed by atoms with Crippen molar-refractivity contribution in [1.82, 2.24) is 20.0 Å². The topological polar surface area (TPSA) is 68.6 Å². The van der Waals surface area contributed by atoms with Crippen molar-refractivity contribution in [3.05, 3.63) is 66.4 Å². The van der Waals surface area contributed by atoms with Gasteiger partial charge in [0.1, 0.15) is 11.4 Å². The van der Waals surface area contributed by atoms with Crippen molar-refractivity contribution < 1.29 is 14.3 Å². The van der Waals surface area contributed by atoms with E-state index in [1.165, 1.54) is 0 Å². The molecule has 174 valence electrons. The smallest absolute Gasteiger partial charge is 0.255 e. The van der Waals surface area contributed by atoms with Crippen molar-refractivity contribution in [3.8, 4) is 22.7 Å². The molecule has 1 fully saturated rings. The normalized spacial score (nSPS) is 19.8. The Balaban J connectivity index is 1.55. The number of amides is 1. The molecule has 1 N–H and O–H groups in total. The van der Waals surface area contributed by atoms with Gasteiger partial charge < -0.3 is 14.8 Å². The molecule has 0 aliphatic carbocycles. The lowest BCUT2D eigenvalue weighted by atomic mass is 10.1. The number of morpholine rings is 1. The van der Waals surface area contributed by atoms with Crippen LogP contribution in [0.15, 0.2) is 60.8 Å². The van der Waals surface area contributed by atoms with Crippen LogP contribution in [0.2, 0.25) is 0 Å². The Hall–Kier alpha value is -3.16. The van der Waals surface area contributed by atoms with E-state index in [9.17, 15) is 4.79 Å². The first kappa shape index (κ1) is 23.0. The highest BCUT2D eigenvalue weighted by Crippen LogP contribution is 2.26. The molecular weight excluding hydrogens is 416 g/mol. The number of aromatic nitrogens is 2. The van der Waals surface area contributed by atoms with Crippen molar-refractivity contribution in [2.75, 3.05) is 26.7 Å². The van der Waals surface area contributed by atoms with E-state index in [0.717, 1.165) is 30.1 Å². The summed E-state index contributed by atoms with van der Waals surface area (Å²) in [7, 11) is 1.63. The number of nitrogens with zero attached hydrogens (tertiary/aromatic N) is 3. The Labute approximate surface area is 195 Å². The van der Waals surface area contributed by atoms with Crippen molar-refractivity contribution >= 4 is 5.91 Å². The molecule has 1 aromatic heterocycles. The predicted molar refractivity (Wildman–Crippen MR) is 129 cm³/mol. The standard InChI is InChI=1S/C26H32N4O3/c1-18(29-15-19(2)33-20(3)16-29)14-27-26(31)24-17-30(22-8-6-5-7-9-22)28-25(24)21-10-12-23(32-4)13-11-21/h5-13,17-20H,14-16H2,1-4H3,(H,27,31). The van der Waals surface area contributed by atoms with Gasteiger partial charge in [0.25, 0.3) is 5.91 Å². The van der Waals surface area contributed by atoms with Crippen molar-refractivity contribution in [3.63, 3.8) is 0 Å². The molecule has 0 bridgehead atoms. The molecule has 3 atom stereocenters. The predicted octanol–water partition coefficient (Wildman–Crippen LogP) is 3.78. The fraction of sp³-hybridized carbons (Fsp3) is 0.385. The number of para-hydroxylation sites is 1. The number of carbonyl (C=O) groups is 1. The summed E-state index contributed by atoms with van der Waals surface area (Å²) in [6.45, 7) is 8.61. The molecule has 4 rings (SSSR count). The lowest BCUT2D eigenvalue weighted by Crippen LogP contribution is -2.52. The Kier molecular flexibility index (Phi) is 7.11. The third kappa shape index (κ3) is 5.43. The largest absolute Gasteiger partial charge is 0.497 e. The summed E-state index contributed by atoms with van der Waals surface area (Å²) >= 11 is 0. The highest BCUT2D eigenvalue weighted by molar-refractivity contribution is 6.00. The molecule has 1 amide bonds. The van der Waals surface area contributed by atoms with E-state index in [0.29, 0.717) is 17.8 Å². The first-order chi connectivity index (χ1) is 15.9.